The van der Waals surface area contributed by atoms with Crippen molar-refractivity contribution in [2.24, 2.45) is 0 Å². The van der Waals surface area contributed by atoms with E-state index in [2.05, 4.69) is 34.9 Å². The van der Waals surface area contributed by atoms with Crippen molar-refractivity contribution < 1.29 is 0 Å². The largest absolute Gasteiger partial charge is 0.354 e. The molecule has 1 fully saturated rings. The number of fused-ring (bicyclic) bond motifs is 2. The first kappa shape index (κ1) is 15.5. The van der Waals surface area contributed by atoms with Gasteiger partial charge in [-0.2, -0.15) is 0 Å². The molecule has 3 aromatic rings. The fourth-order valence-corrected chi connectivity index (χ4v) is 4.09. The average molecular weight is 350 g/mol. The predicted molar refractivity (Wildman–Crippen MR) is 98.5 cm³/mol. The third-order valence-corrected chi connectivity index (χ3v) is 5.39. The van der Waals surface area contributed by atoms with Crippen molar-refractivity contribution in [2.75, 3.05) is 36.0 Å². The summed E-state index contributed by atoms with van der Waals surface area (Å²) in [6, 6.07) is 0. The Morgan fingerprint density at radius 1 is 0.808 bits per heavy atom. The number of hydrogen-bond acceptors (Lipinski definition) is 7. The zero-order valence-electron chi connectivity index (χ0n) is 14.8. The molecule has 0 N–H and O–H groups in total. The summed E-state index contributed by atoms with van der Waals surface area (Å²) in [4.78, 5) is 18.5. The van der Waals surface area contributed by atoms with Gasteiger partial charge in [0.25, 0.3) is 0 Å². The Morgan fingerprint density at radius 3 is 2.58 bits per heavy atom. The molecule has 4 heterocycles. The van der Waals surface area contributed by atoms with Crippen LogP contribution in [0.2, 0.25) is 0 Å². The molecule has 2 aliphatic rings. The zero-order chi connectivity index (χ0) is 17.3. The molecule has 1 aliphatic carbocycles. The third kappa shape index (κ3) is 2.65. The molecule has 1 saturated heterocycles. The summed E-state index contributed by atoms with van der Waals surface area (Å²) in [6.45, 7) is 3.80. The van der Waals surface area contributed by atoms with Crippen molar-refractivity contribution in [3.8, 4) is 0 Å². The first-order valence-electron chi connectivity index (χ1n) is 9.37. The van der Waals surface area contributed by atoms with E-state index in [0.29, 0.717) is 0 Å². The second-order valence-electron chi connectivity index (χ2n) is 6.97. The minimum Gasteiger partial charge on any atom is -0.354 e. The molecule has 134 valence electrons. The van der Waals surface area contributed by atoms with Crippen LogP contribution in [0.4, 0.5) is 11.6 Å². The van der Waals surface area contributed by atoms with E-state index in [0.717, 1.165) is 62.7 Å². The van der Waals surface area contributed by atoms with Crippen LogP contribution in [0.15, 0.2) is 25.0 Å². The smallest absolute Gasteiger partial charge is 0.203 e. The van der Waals surface area contributed by atoms with Gasteiger partial charge in [0.15, 0.2) is 5.82 Å². The molecule has 8 nitrogen and oxygen atoms in total. The Balaban J connectivity index is 1.40. The molecule has 0 radical (unpaired) electrons. The van der Waals surface area contributed by atoms with Gasteiger partial charge in [-0.1, -0.05) is 0 Å². The lowest BCUT2D eigenvalue weighted by Crippen LogP contribution is -2.33. The predicted octanol–water partition coefficient (Wildman–Crippen LogP) is 1.51. The zero-order valence-corrected chi connectivity index (χ0v) is 14.8. The fourth-order valence-electron chi connectivity index (χ4n) is 4.09. The summed E-state index contributed by atoms with van der Waals surface area (Å²) >= 11 is 0. The summed E-state index contributed by atoms with van der Waals surface area (Å²) in [5.74, 6) is 2.06. The van der Waals surface area contributed by atoms with Gasteiger partial charge in [0.2, 0.25) is 5.65 Å². The Hall–Kier alpha value is -2.77. The molecule has 0 aromatic carbocycles. The van der Waals surface area contributed by atoms with E-state index in [-0.39, 0.29) is 0 Å². The van der Waals surface area contributed by atoms with Crippen molar-refractivity contribution in [3.05, 3.63) is 36.3 Å². The topological polar surface area (TPSA) is 75.3 Å². The van der Waals surface area contributed by atoms with E-state index in [1.807, 2.05) is 16.8 Å². The van der Waals surface area contributed by atoms with Crippen molar-refractivity contribution in [1.82, 2.24) is 29.5 Å². The molecule has 3 aromatic heterocycles. The highest BCUT2D eigenvalue weighted by molar-refractivity contribution is 5.63. The Kier molecular flexibility index (Phi) is 3.88. The van der Waals surface area contributed by atoms with Gasteiger partial charge in [-0.05, 0) is 32.1 Å². The maximum Gasteiger partial charge on any atom is 0.203 e. The van der Waals surface area contributed by atoms with Gasteiger partial charge in [0, 0.05) is 49.8 Å². The minimum atomic E-state index is 0.820. The van der Waals surface area contributed by atoms with Crippen LogP contribution in [0.1, 0.15) is 30.5 Å². The van der Waals surface area contributed by atoms with Crippen LogP contribution in [0.3, 0.4) is 0 Å². The first-order chi connectivity index (χ1) is 12.9. The van der Waals surface area contributed by atoms with E-state index >= 15 is 0 Å². The molecule has 8 heteroatoms. The molecule has 0 unspecified atom stereocenters. The molecular weight excluding hydrogens is 328 g/mol. The quantitative estimate of drug-likeness (QED) is 0.693. The van der Waals surface area contributed by atoms with Crippen molar-refractivity contribution >= 4 is 17.3 Å². The number of anilines is 2. The molecule has 5 rings (SSSR count). The van der Waals surface area contributed by atoms with E-state index < -0.39 is 0 Å². The van der Waals surface area contributed by atoms with Gasteiger partial charge in [-0.15, -0.1) is 10.2 Å². The summed E-state index contributed by atoms with van der Waals surface area (Å²) < 4.78 is 1.92. The second kappa shape index (κ2) is 6.51. The lowest BCUT2D eigenvalue weighted by atomic mass is 9.96. The molecule has 0 spiro atoms. The van der Waals surface area contributed by atoms with Crippen LogP contribution in [0.25, 0.3) is 5.65 Å². The molecule has 1 aliphatic heterocycles. The summed E-state index contributed by atoms with van der Waals surface area (Å²) in [6.07, 6.45) is 12.9. The number of rotatable bonds is 2. The van der Waals surface area contributed by atoms with E-state index in [9.17, 15) is 0 Å². The Labute approximate surface area is 151 Å². The highest BCUT2D eigenvalue weighted by atomic mass is 15.3. The lowest BCUT2D eigenvalue weighted by molar-refractivity contribution is 0.654. The van der Waals surface area contributed by atoms with Crippen LogP contribution in [0, 0.1) is 0 Å². The SMILES string of the molecule is c1nc2c(c(N3CCCN(c4nccn5cnnc45)CC3)n1)CCCC2. The molecule has 0 amide bonds. The molecule has 26 heavy (non-hydrogen) atoms. The Bertz CT molecular complexity index is 920. The van der Waals surface area contributed by atoms with E-state index in [1.165, 1.54) is 24.1 Å². The second-order valence-corrected chi connectivity index (χ2v) is 6.97. The maximum absolute atomic E-state index is 4.65. The van der Waals surface area contributed by atoms with Gasteiger partial charge in [-0.3, -0.25) is 4.40 Å². The van der Waals surface area contributed by atoms with Gasteiger partial charge in [0.1, 0.15) is 18.5 Å². The summed E-state index contributed by atoms with van der Waals surface area (Å²) in [5.41, 5.74) is 3.43. The standard InChI is InChI=1S/C18H22N8/c1-2-5-15-14(4-1)16(21-12-20-15)24-7-3-8-25(11-10-24)17-18-23-22-13-26(18)9-6-19-17/h6,9,12-13H,1-5,7-8,10-11H2. The molecule has 0 atom stereocenters. The number of hydrogen-bond donors (Lipinski definition) is 0. The summed E-state index contributed by atoms with van der Waals surface area (Å²) in [5, 5.41) is 8.24. The number of nitrogens with zero attached hydrogens (tertiary/aromatic N) is 8. The Morgan fingerprint density at radius 2 is 1.65 bits per heavy atom. The van der Waals surface area contributed by atoms with Crippen LogP contribution in [-0.2, 0) is 12.8 Å². The highest BCUT2D eigenvalue weighted by Crippen LogP contribution is 2.28. The molecule has 0 saturated carbocycles. The fraction of sp³-hybridized carbons (Fsp3) is 0.500. The van der Waals surface area contributed by atoms with Crippen molar-refractivity contribution in [2.45, 2.75) is 32.1 Å². The molecular formula is C18H22N8. The number of aryl methyl sites for hydroxylation is 1. The van der Waals surface area contributed by atoms with Gasteiger partial charge in [0.05, 0.1) is 0 Å². The van der Waals surface area contributed by atoms with Crippen molar-refractivity contribution in [3.63, 3.8) is 0 Å². The van der Waals surface area contributed by atoms with Crippen LogP contribution < -0.4 is 9.80 Å². The monoisotopic (exact) mass is 350 g/mol. The van der Waals surface area contributed by atoms with Crippen LogP contribution in [-0.4, -0.2) is 55.7 Å². The van der Waals surface area contributed by atoms with Crippen LogP contribution >= 0.6 is 0 Å². The van der Waals surface area contributed by atoms with E-state index in [1.54, 1.807) is 12.7 Å². The average Bonchev–Trinajstić information content (AvgIpc) is 3.05. The number of aromatic nitrogens is 6. The maximum atomic E-state index is 4.65. The summed E-state index contributed by atoms with van der Waals surface area (Å²) in [7, 11) is 0. The first-order valence-corrected chi connectivity index (χ1v) is 9.37. The minimum absolute atomic E-state index is 0.820. The highest BCUT2D eigenvalue weighted by Gasteiger charge is 2.23. The van der Waals surface area contributed by atoms with Crippen LogP contribution in [0.5, 0.6) is 0 Å². The van der Waals surface area contributed by atoms with Gasteiger partial charge < -0.3 is 9.80 Å². The van der Waals surface area contributed by atoms with Crippen molar-refractivity contribution in [1.29, 1.82) is 0 Å². The van der Waals surface area contributed by atoms with E-state index in [4.69, 9.17) is 0 Å². The van der Waals surface area contributed by atoms with Gasteiger partial charge in [-0.25, -0.2) is 15.0 Å². The molecule has 0 bridgehead atoms. The van der Waals surface area contributed by atoms with Gasteiger partial charge >= 0.3 is 0 Å². The third-order valence-electron chi connectivity index (χ3n) is 5.39. The lowest BCUT2D eigenvalue weighted by Gasteiger charge is -2.27. The normalized spacial score (nSPS) is 18.0.